The second kappa shape index (κ2) is 10.1. The molecule has 2 N–H and O–H groups in total. The van der Waals surface area contributed by atoms with Gasteiger partial charge in [0.25, 0.3) is 15.9 Å². The number of sulfonamides is 1. The molecule has 8 nitrogen and oxygen atoms in total. The topological polar surface area (TPSA) is 106 Å². The first-order valence-electron chi connectivity index (χ1n) is 9.24. The maximum absolute atomic E-state index is 12.6. The van der Waals surface area contributed by atoms with Gasteiger partial charge in [-0.25, -0.2) is 13.8 Å². The molecule has 31 heavy (non-hydrogen) atoms. The monoisotopic (exact) mass is 459 g/mol. The molecule has 0 radical (unpaired) electrons. The van der Waals surface area contributed by atoms with Crippen molar-refractivity contribution >= 4 is 39.2 Å². The third kappa shape index (κ3) is 5.62. The van der Waals surface area contributed by atoms with E-state index in [1.807, 2.05) is 6.92 Å². The van der Waals surface area contributed by atoms with Gasteiger partial charge in [-0.1, -0.05) is 18.2 Å². The van der Waals surface area contributed by atoms with Crippen molar-refractivity contribution in [2.24, 2.45) is 5.10 Å². The largest absolute Gasteiger partial charge is 0.493 e. The lowest BCUT2D eigenvalue weighted by molar-refractivity contribution is 0.0956. The summed E-state index contributed by atoms with van der Waals surface area (Å²) in [6.07, 6.45) is 1.46. The summed E-state index contributed by atoms with van der Waals surface area (Å²) in [5, 5.41) is 5.63. The van der Waals surface area contributed by atoms with E-state index in [0.717, 1.165) is 11.3 Å². The summed E-state index contributed by atoms with van der Waals surface area (Å²) >= 11 is 1.09. The van der Waals surface area contributed by atoms with Crippen LogP contribution in [-0.2, 0) is 10.0 Å². The minimum Gasteiger partial charge on any atom is -0.493 e. The number of amides is 1. The van der Waals surface area contributed by atoms with Crippen LogP contribution in [0.25, 0.3) is 0 Å². The number of hydrazone groups is 1. The zero-order valence-corrected chi connectivity index (χ0v) is 18.5. The van der Waals surface area contributed by atoms with E-state index < -0.39 is 15.9 Å². The van der Waals surface area contributed by atoms with Gasteiger partial charge in [-0.15, -0.1) is 11.3 Å². The first kappa shape index (κ1) is 22.3. The molecule has 1 heterocycles. The second-order valence-corrected chi connectivity index (χ2v) is 8.98. The highest BCUT2D eigenvalue weighted by Gasteiger charge is 2.19. The van der Waals surface area contributed by atoms with Crippen molar-refractivity contribution in [3.05, 3.63) is 71.1 Å². The standard InChI is InChI=1S/C21H21N3O5S2/c1-3-29-19-13-15(10-11-18(19)28-2)14-22-23-21(25)16-7-4-5-8-17(16)24-31(26,27)20-9-6-12-30-20/h4-14,24H,3H2,1-2H3,(H,23,25)/b22-14+. The van der Waals surface area contributed by atoms with Gasteiger partial charge in [-0.2, -0.15) is 5.10 Å². The average molecular weight is 460 g/mol. The number of benzene rings is 2. The van der Waals surface area contributed by atoms with Gasteiger partial charge in [0.1, 0.15) is 4.21 Å². The van der Waals surface area contributed by atoms with Gasteiger partial charge in [0.05, 0.1) is 31.2 Å². The number of carbonyl (C=O) groups is 1. The first-order valence-corrected chi connectivity index (χ1v) is 11.6. The van der Waals surface area contributed by atoms with Crippen LogP contribution < -0.4 is 19.6 Å². The first-order chi connectivity index (χ1) is 14.9. The van der Waals surface area contributed by atoms with Crippen LogP contribution >= 0.6 is 11.3 Å². The number of ether oxygens (including phenoxy) is 2. The normalized spacial score (nSPS) is 11.3. The van der Waals surface area contributed by atoms with E-state index in [4.69, 9.17) is 9.47 Å². The van der Waals surface area contributed by atoms with Crippen molar-refractivity contribution in [3.63, 3.8) is 0 Å². The zero-order chi connectivity index (χ0) is 22.3. The van der Waals surface area contributed by atoms with Crippen molar-refractivity contribution in [2.75, 3.05) is 18.4 Å². The molecule has 10 heteroatoms. The van der Waals surface area contributed by atoms with Gasteiger partial charge < -0.3 is 9.47 Å². The molecule has 3 rings (SSSR count). The molecule has 0 aliphatic carbocycles. The smallest absolute Gasteiger partial charge is 0.273 e. The molecule has 162 valence electrons. The molecule has 1 amide bonds. The Hall–Kier alpha value is -3.37. The molecule has 0 unspecified atom stereocenters. The van der Waals surface area contributed by atoms with E-state index in [1.165, 1.54) is 24.4 Å². The number of carbonyl (C=O) groups excluding carboxylic acids is 1. The third-order valence-electron chi connectivity index (χ3n) is 4.04. The molecule has 0 bridgehead atoms. The van der Waals surface area contributed by atoms with Crippen molar-refractivity contribution in [2.45, 2.75) is 11.1 Å². The average Bonchev–Trinajstić information content (AvgIpc) is 3.30. The molecule has 0 saturated heterocycles. The fourth-order valence-electron chi connectivity index (χ4n) is 2.65. The number of nitrogens with zero attached hydrogens (tertiary/aromatic N) is 1. The zero-order valence-electron chi connectivity index (χ0n) is 16.9. The van der Waals surface area contributed by atoms with Crippen LogP contribution in [0.4, 0.5) is 5.69 Å². The van der Waals surface area contributed by atoms with Gasteiger partial charge in [0.2, 0.25) is 0 Å². The molecule has 1 aromatic heterocycles. The Kier molecular flexibility index (Phi) is 7.27. The lowest BCUT2D eigenvalue weighted by atomic mass is 10.2. The lowest BCUT2D eigenvalue weighted by Crippen LogP contribution is -2.21. The van der Waals surface area contributed by atoms with Gasteiger partial charge in [0, 0.05) is 0 Å². The Morgan fingerprint density at radius 2 is 1.94 bits per heavy atom. The Morgan fingerprint density at radius 1 is 1.13 bits per heavy atom. The Balaban J connectivity index is 1.74. The number of hydrogen-bond acceptors (Lipinski definition) is 7. The van der Waals surface area contributed by atoms with Gasteiger partial charge in [0.15, 0.2) is 11.5 Å². The maximum atomic E-state index is 12.6. The number of anilines is 1. The number of nitrogens with one attached hydrogen (secondary N) is 2. The van der Waals surface area contributed by atoms with E-state index in [1.54, 1.807) is 48.9 Å². The van der Waals surface area contributed by atoms with Crippen LogP contribution in [0, 0.1) is 0 Å². The van der Waals surface area contributed by atoms with Gasteiger partial charge in [-0.3, -0.25) is 9.52 Å². The van der Waals surface area contributed by atoms with Crippen molar-refractivity contribution < 1.29 is 22.7 Å². The predicted octanol–water partition coefficient (Wildman–Crippen LogP) is 3.72. The summed E-state index contributed by atoms with van der Waals surface area (Å²) in [5.74, 6) is 0.600. The maximum Gasteiger partial charge on any atom is 0.273 e. The van der Waals surface area contributed by atoms with Gasteiger partial charge >= 0.3 is 0 Å². The molecule has 0 aliphatic rings. The molecule has 0 spiro atoms. The van der Waals surface area contributed by atoms with Crippen LogP contribution in [0.3, 0.4) is 0 Å². The number of rotatable bonds is 9. The fraction of sp³-hybridized carbons (Fsp3) is 0.143. The molecule has 3 aromatic rings. The highest BCUT2D eigenvalue weighted by atomic mass is 32.2. The Labute approximate surface area is 184 Å². The molecule has 0 saturated carbocycles. The molecule has 0 aliphatic heterocycles. The summed E-state index contributed by atoms with van der Waals surface area (Å²) in [6.45, 7) is 2.34. The van der Waals surface area contributed by atoms with Crippen LogP contribution in [0.5, 0.6) is 11.5 Å². The Bertz CT molecular complexity index is 1180. The summed E-state index contributed by atoms with van der Waals surface area (Å²) in [4.78, 5) is 12.6. The minimum absolute atomic E-state index is 0.143. The predicted molar refractivity (Wildman–Crippen MR) is 121 cm³/mol. The van der Waals surface area contributed by atoms with Crippen molar-refractivity contribution in [1.29, 1.82) is 0 Å². The number of thiophene rings is 1. The second-order valence-electron chi connectivity index (χ2n) is 6.13. The summed E-state index contributed by atoms with van der Waals surface area (Å²) in [7, 11) is -2.23. The van der Waals surface area contributed by atoms with E-state index >= 15 is 0 Å². The molecule has 0 fully saturated rings. The lowest BCUT2D eigenvalue weighted by Gasteiger charge is -2.11. The number of methoxy groups -OCH3 is 1. The SMILES string of the molecule is CCOc1cc(/C=N/NC(=O)c2ccccc2NS(=O)(=O)c2cccs2)ccc1OC. The highest BCUT2D eigenvalue weighted by Crippen LogP contribution is 2.27. The fourth-order valence-corrected chi connectivity index (χ4v) is 4.72. The molecule has 2 aromatic carbocycles. The molecular weight excluding hydrogens is 438 g/mol. The minimum atomic E-state index is -3.78. The quantitative estimate of drug-likeness (QED) is 0.375. The summed E-state index contributed by atoms with van der Waals surface area (Å²) in [5.41, 5.74) is 3.41. The van der Waals surface area contributed by atoms with Crippen LogP contribution in [0.15, 0.2) is 69.3 Å². The van der Waals surface area contributed by atoms with E-state index in [0.29, 0.717) is 23.7 Å². The van der Waals surface area contributed by atoms with Crippen molar-refractivity contribution in [3.8, 4) is 11.5 Å². The molecular formula is C21H21N3O5S2. The number of hydrogen-bond donors (Lipinski definition) is 2. The highest BCUT2D eigenvalue weighted by molar-refractivity contribution is 7.94. The van der Waals surface area contributed by atoms with E-state index in [9.17, 15) is 13.2 Å². The van der Waals surface area contributed by atoms with Crippen LogP contribution in [-0.4, -0.2) is 34.3 Å². The van der Waals surface area contributed by atoms with Crippen LogP contribution in [0.2, 0.25) is 0 Å². The van der Waals surface area contributed by atoms with E-state index in [-0.39, 0.29) is 15.5 Å². The summed E-state index contributed by atoms with van der Waals surface area (Å²) < 4.78 is 38.3. The molecule has 0 atom stereocenters. The van der Waals surface area contributed by atoms with Gasteiger partial charge in [-0.05, 0) is 54.3 Å². The summed E-state index contributed by atoms with van der Waals surface area (Å²) in [6, 6.07) is 14.7. The Morgan fingerprint density at radius 3 is 2.65 bits per heavy atom. The number of para-hydroxylation sites is 1. The van der Waals surface area contributed by atoms with Crippen LogP contribution in [0.1, 0.15) is 22.8 Å². The van der Waals surface area contributed by atoms with Crippen molar-refractivity contribution in [1.82, 2.24) is 5.43 Å². The third-order valence-corrected chi connectivity index (χ3v) is 6.81. The van der Waals surface area contributed by atoms with E-state index in [2.05, 4.69) is 15.2 Å².